The first-order valence-corrected chi connectivity index (χ1v) is 7.47. The topological polar surface area (TPSA) is 118 Å². The highest BCUT2D eigenvalue weighted by molar-refractivity contribution is 7.18. The summed E-state index contributed by atoms with van der Waals surface area (Å²) in [5, 5.41) is 3.18. The van der Waals surface area contributed by atoms with Crippen molar-refractivity contribution >= 4 is 34.1 Å². The van der Waals surface area contributed by atoms with Crippen molar-refractivity contribution in [1.82, 2.24) is 15.2 Å². The third kappa shape index (κ3) is 3.42. The number of nitrogens with two attached hydrogens (primary N) is 2. The van der Waals surface area contributed by atoms with Crippen LogP contribution in [0.4, 0.5) is 10.9 Å². The summed E-state index contributed by atoms with van der Waals surface area (Å²) in [6.45, 7) is 1.51. The molecule has 0 aromatic carbocycles. The molecule has 116 valence electrons. The molecule has 0 radical (unpaired) electrons. The van der Waals surface area contributed by atoms with Gasteiger partial charge in [-0.3, -0.25) is 9.59 Å². The maximum absolute atomic E-state index is 12.3. The number of hydrogen-bond acceptors (Lipinski definition) is 7. The number of carbonyl (C=O) groups excluding carboxylic acids is 2. The van der Waals surface area contributed by atoms with Gasteiger partial charge in [-0.2, -0.15) is 0 Å². The van der Waals surface area contributed by atoms with Gasteiger partial charge in [0, 0.05) is 33.2 Å². The normalized spacial score (nSPS) is 17.9. The van der Waals surface area contributed by atoms with E-state index in [9.17, 15) is 9.59 Å². The van der Waals surface area contributed by atoms with Gasteiger partial charge in [0.1, 0.15) is 10.7 Å². The van der Waals surface area contributed by atoms with Crippen molar-refractivity contribution in [1.29, 1.82) is 0 Å². The maximum atomic E-state index is 12.3. The van der Waals surface area contributed by atoms with Gasteiger partial charge in [0.25, 0.3) is 5.91 Å². The molecule has 21 heavy (non-hydrogen) atoms. The largest absolute Gasteiger partial charge is 0.382 e. The Morgan fingerprint density at radius 1 is 1.57 bits per heavy atom. The molecule has 1 atom stereocenters. The molecule has 0 aliphatic carbocycles. The Morgan fingerprint density at radius 2 is 2.29 bits per heavy atom. The average Bonchev–Trinajstić information content (AvgIpc) is 3.03. The molecular formula is C12H20N6O2S. The van der Waals surface area contributed by atoms with E-state index in [0.29, 0.717) is 16.6 Å². The van der Waals surface area contributed by atoms with Crippen LogP contribution < -0.4 is 21.7 Å². The van der Waals surface area contributed by atoms with Crippen LogP contribution in [-0.4, -0.2) is 61.5 Å². The van der Waals surface area contributed by atoms with Crippen molar-refractivity contribution in [2.24, 2.45) is 5.73 Å². The molecule has 5 N–H and O–H groups in total. The number of anilines is 2. The van der Waals surface area contributed by atoms with E-state index < -0.39 is 0 Å². The number of hydrogen-bond donors (Lipinski definition) is 3. The number of nitrogen functional groups attached to an aromatic ring is 1. The molecule has 1 aliphatic heterocycles. The SMILES string of the molecule is CNC(=O)CN(C)C(=O)c1sc(N2CCC(N)C2)nc1N. The van der Waals surface area contributed by atoms with E-state index in [1.54, 1.807) is 7.05 Å². The van der Waals surface area contributed by atoms with Crippen molar-refractivity contribution in [2.75, 3.05) is 44.4 Å². The first kappa shape index (κ1) is 15.5. The van der Waals surface area contributed by atoms with Crippen LogP contribution in [0.15, 0.2) is 0 Å². The Bertz CT molecular complexity index is 546. The lowest BCUT2D eigenvalue weighted by atomic mass is 10.3. The summed E-state index contributed by atoms with van der Waals surface area (Å²) < 4.78 is 0. The molecule has 1 saturated heterocycles. The lowest BCUT2D eigenvalue weighted by molar-refractivity contribution is -0.121. The van der Waals surface area contributed by atoms with Gasteiger partial charge in [-0.1, -0.05) is 11.3 Å². The van der Waals surface area contributed by atoms with Gasteiger partial charge in [0.2, 0.25) is 5.91 Å². The Hall–Kier alpha value is -1.87. The zero-order valence-electron chi connectivity index (χ0n) is 12.1. The minimum atomic E-state index is -0.302. The van der Waals surface area contributed by atoms with Gasteiger partial charge in [-0.15, -0.1) is 0 Å². The lowest BCUT2D eigenvalue weighted by Gasteiger charge is -2.15. The summed E-state index contributed by atoms with van der Waals surface area (Å²) >= 11 is 1.24. The third-order valence-electron chi connectivity index (χ3n) is 3.34. The third-order valence-corrected chi connectivity index (χ3v) is 4.46. The standard InChI is InChI=1S/C12H20N6O2S/c1-15-8(19)6-17(2)11(20)9-10(14)16-12(21-9)18-4-3-7(13)5-18/h7H,3-6,13-14H2,1-2H3,(H,15,19). The van der Waals surface area contributed by atoms with Crippen LogP contribution in [0.3, 0.4) is 0 Å². The fourth-order valence-corrected chi connectivity index (χ4v) is 3.12. The van der Waals surface area contributed by atoms with Gasteiger partial charge >= 0.3 is 0 Å². The summed E-state index contributed by atoms with van der Waals surface area (Å²) in [7, 11) is 3.08. The number of nitrogens with one attached hydrogen (secondary N) is 1. The number of carbonyl (C=O) groups is 2. The van der Waals surface area contributed by atoms with Gasteiger partial charge in [-0.05, 0) is 6.42 Å². The summed E-state index contributed by atoms with van der Waals surface area (Å²) in [6, 6.07) is 0.130. The lowest BCUT2D eigenvalue weighted by Crippen LogP contribution is -2.36. The Labute approximate surface area is 127 Å². The van der Waals surface area contributed by atoms with Crippen LogP contribution in [0.1, 0.15) is 16.1 Å². The van der Waals surface area contributed by atoms with Crippen molar-refractivity contribution in [2.45, 2.75) is 12.5 Å². The number of nitrogens with zero attached hydrogens (tertiary/aromatic N) is 3. The number of amides is 2. The van der Waals surface area contributed by atoms with Gasteiger partial charge in [-0.25, -0.2) is 4.98 Å². The molecule has 2 rings (SSSR count). The van der Waals surface area contributed by atoms with E-state index in [1.165, 1.54) is 23.3 Å². The minimum Gasteiger partial charge on any atom is -0.382 e. The fourth-order valence-electron chi connectivity index (χ4n) is 2.11. The number of rotatable bonds is 4. The second-order valence-electron chi connectivity index (χ2n) is 5.04. The van der Waals surface area contributed by atoms with Crippen molar-refractivity contribution < 1.29 is 9.59 Å². The molecule has 1 aromatic heterocycles. The predicted octanol–water partition coefficient (Wildman–Crippen LogP) is -0.919. The Morgan fingerprint density at radius 3 is 2.86 bits per heavy atom. The molecule has 9 heteroatoms. The van der Waals surface area contributed by atoms with Crippen molar-refractivity contribution in [3.8, 4) is 0 Å². The zero-order valence-corrected chi connectivity index (χ0v) is 12.9. The van der Waals surface area contributed by atoms with Crippen LogP contribution in [0.5, 0.6) is 0 Å². The second kappa shape index (κ2) is 6.27. The van der Waals surface area contributed by atoms with Gasteiger partial charge in [0.15, 0.2) is 5.13 Å². The summed E-state index contributed by atoms with van der Waals surface area (Å²) in [4.78, 5) is 31.6. The molecule has 0 saturated carbocycles. The number of aromatic nitrogens is 1. The molecule has 2 amide bonds. The molecule has 1 aromatic rings. The molecule has 1 unspecified atom stereocenters. The van der Waals surface area contributed by atoms with E-state index in [-0.39, 0.29) is 30.2 Å². The first-order chi connectivity index (χ1) is 9.92. The maximum Gasteiger partial charge on any atom is 0.268 e. The van der Waals surface area contributed by atoms with E-state index in [1.807, 2.05) is 4.90 Å². The Kier molecular flexibility index (Phi) is 4.63. The van der Waals surface area contributed by atoms with Crippen LogP contribution >= 0.6 is 11.3 Å². The quantitative estimate of drug-likeness (QED) is 0.662. The Balaban J connectivity index is 2.11. The van der Waals surface area contributed by atoms with Crippen LogP contribution in [0.2, 0.25) is 0 Å². The van der Waals surface area contributed by atoms with E-state index in [2.05, 4.69) is 10.3 Å². The van der Waals surface area contributed by atoms with Crippen molar-refractivity contribution in [3.63, 3.8) is 0 Å². The molecule has 0 spiro atoms. The fraction of sp³-hybridized carbons (Fsp3) is 0.583. The molecule has 1 aliphatic rings. The van der Waals surface area contributed by atoms with Crippen LogP contribution in [0, 0.1) is 0 Å². The monoisotopic (exact) mass is 312 g/mol. The van der Waals surface area contributed by atoms with Gasteiger partial charge in [0.05, 0.1) is 6.54 Å². The first-order valence-electron chi connectivity index (χ1n) is 6.65. The summed E-state index contributed by atoms with van der Waals surface area (Å²) in [5.41, 5.74) is 11.7. The minimum absolute atomic E-state index is 0.0173. The van der Waals surface area contributed by atoms with E-state index in [0.717, 1.165) is 13.0 Å². The highest BCUT2D eigenvalue weighted by Gasteiger charge is 2.26. The smallest absolute Gasteiger partial charge is 0.268 e. The number of likely N-dealkylation sites (N-methyl/N-ethyl adjacent to an activating group) is 2. The predicted molar refractivity (Wildman–Crippen MR) is 82.4 cm³/mol. The number of thiazole rings is 1. The molecule has 2 heterocycles. The summed E-state index contributed by atoms with van der Waals surface area (Å²) in [6.07, 6.45) is 0.902. The average molecular weight is 312 g/mol. The van der Waals surface area contributed by atoms with E-state index in [4.69, 9.17) is 11.5 Å². The molecule has 8 nitrogen and oxygen atoms in total. The van der Waals surface area contributed by atoms with Crippen LogP contribution in [-0.2, 0) is 4.79 Å². The molecule has 1 fully saturated rings. The highest BCUT2D eigenvalue weighted by Crippen LogP contribution is 2.30. The van der Waals surface area contributed by atoms with Gasteiger partial charge < -0.3 is 26.6 Å². The van der Waals surface area contributed by atoms with E-state index >= 15 is 0 Å². The van der Waals surface area contributed by atoms with Crippen molar-refractivity contribution in [3.05, 3.63) is 4.88 Å². The molecule has 0 bridgehead atoms. The zero-order chi connectivity index (χ0) is 15.6. The highest BCUT2D eigenvalue weighted by atomic mass is 32.1. The molecular weight excluding hydrogens is 292 g/mol. The van der Waals surface area contributed by atoms with Crippen LogP contribution in [0.25, 0.3) is 0 Å². The summed E-state index contributed by atoms with van der Waals surface area (Å²) in [5.74, 6) is -0.341. The second-order valence-corrected chi connectivity index (χ2v) is 6.02.